The Kier molecular flexibility index (Phi) is 5.69. The van der Waals surface area contributed by atoms with Crippen molar-refractivity contribution in [2.24, 2.45) is 0 Å². The van der Waals surface area contributed by atoms with E-state index in [1.165, 1.54) is 44.1 Å². The van der Waals surface area contributed by atoms with E-state index in [1.54, 1.807) is 0 Å². The molecule has 2 rings (SSSR count). The molecule has 1 saturated carbocycles. The van der Waals surface area contributed by atoms with E-state index in [0.29, 0.717) is 12.1 Å². The third-order valence-corrected chi connectivity index (χ3v) is 3.88. The van der Waals surface area contributed by atoms with Crippen molar-refractivity contribution >= 4 is 0 Å². The Hall–Kier alpha value is -0.860. The van der Waals surface area contributed by atoms with E-state index < -0.39 is 0 Å². The number of ether oxygens (including phenoxy) is 1. The number of hydrogen-bond acceptors (Lipinski definition) is 2. The fourth-order valence-electron chi connectivity index (χ4n) is 2.79. The van der Waals surface area contributed by atoms with Gasteiger partial charge in [0.25, 0.3) is 0 Å². The summed E-state index contributed by atoms with van der Waals surface area (Å²) in [6.07, 6.45) is 7.90. The van der Waals surface area contributed by atoms with Crippen molar-refractivity contribution in [2.45, 2.75) is 50.7 Å². The van der Waals surface area contributed by atoms with Gasteiger partial charge in [0, 0.05) is 13.2 Å². The van der Waals surface area contributed by atoms with Crippen LogP contribution < -0.4 is 5.32 Å². The summed E-state index contributed by atoms with van der Waals surface area (Å²) < 4.78 is 5.46. The second-order valence-electron chi connectivity index (χ2n) is 5.26. The third kappa shape index (κ3) is 4.43. The zero-order valence-electron chi connectivity index (χ0n) is 11.4. The molecule has 0 spiro atoms. The smallest absolute Gasteiger partial charge is 0.0586 e. The van der Waals surface area contributed by atoms with Crippen LogP contribution in [0.2, 0.25) is 0 Å². The first-order valence-electron chi connectivity index (χ1n) is 7.18. The molecule has 0 heterocycles. The highest BCUT2D eigenvalue weighted by atomic mass is 16.5. The van der Waals surface area contributed by atoms with E-state index in [0.717, 1.165) is 6.54 Å². The highest BCUT2D eigenvalue weighted by Crippen LogP contribution is 2.20. The minimum absolute atomic E-state index is 0.477. The molecule has 0 radical (unpaired) electrons. The highest BCUT2D eigenvalue weighted by molar-refractivity contribution is 5.14. The van der Waals surface area contributed by atoms with Crippen LogP contribution in [0.15, 0.2) is 30.3 Å². The minimum Gasteiger partial charge on any atom is -0.381 e. The Morgan fingerprint density at radius 3 is 2.83 bits per heavy atom. The number of nitrogens with one attached hydrogen (secondary N) is 1. The lowest BCUT2D eigenvalue weighted by molar-refractivity contribution is 0.0589. The van der Waals surface area contributed by atoms with Gasteiger partial charge in [0.05, 0.1) is 6.10 Å². The maximum Gasteiger partial charge on any atom is 0.0586 e. The SMILES string of the molecule is COC1CCCC(NCCCc2ccccc2)C1. The summed E-state index contributed by atoms with van der Waals surface area (Å²) in [7, 11) is 1.84. The second kappa shape index (κ2) is 7.55. The van der Waals surface area contributed by atoms with E-state index in [-0.39, 0.29) is 0 Å². The average molecular weight is 247 g/mol. The summed E-state index contributed by atoms with van der Waals surface area (Å²) in [5, 5.41) is 3.68. The molecule has 2 nitrogen and oxygen atoms in total. The van der Waals surface area contributed by atoms with Gasteiger partial charge in [-0.1, -0.05) is 30.3 Å². The first-order chi connectivity index (χ1) is 8.88. The van der Waals surface area contributed by atoms with Gasteiger partial charge < -0.3 is 10.1 Å². The predicted molar refractivity (Wildman–Crippen MR) is 75.8 cm³/mol. The van der Waals surface area contributed by atoms with Gasteiger partial charge in [0.2, 0.25) is 0 Å². The van der Waals surface area contributed by atoms with Crippen LogP contribution in [0.4, 0.5) is 0 Å². The van der Waals surface area contributed by atoms with E-state index in [4.69, 9.17) is 4.74 Å². The minimum atomic E-state index is 0.477. The van der Waals surface area contributed by atoms with E-state index in [2.05, 4.69) is 35.6 Å². The molecule has 1 aliphatic rings. The van der Waals surface area contributed by atoms with Crippen LogP contribution in [0.3, 0.4) is 0 Å². The molecule has 2 heteroatoms. The third-order valence-electron chi connectivity index (χ3n) is 3.88. The summed E-state index contributed by atoms with van der Waals surface area (Å²) in [6.45, 7) is 1.12. The Morgan fingerprint density at radius 2 is 2.06 bits per heavy atom. The van der Waals surface area contributed by atoms with Crippen molar-refractivity contribution in [3.05, 3.63) is 35.9 Å². The van der Waals surface area contributed by atoms with Crippen LogP contribution in [-0.2, 0) is 11.2 Å². The normalized spacial score (nSPS) is 24.1. The van der Waals surface area contributed by atoms with Crippen molar-refractivity contribution < 1.29 is 4.74 Å². The van der Waals surface area contributed by atoms with Crippen molar-refractivity contribution in [1.29, 1.82) is 0 Å². The molecule has 2 unspecified atom stereocenters. The predicted octanol–water partition coefficient (Wildman–Crippen LogP) is 3.17. The van der Waals surface area contributed by atoms with E-state index in [1.807, 2.05) is 7.11 Å². The van der Waals surface area contributed by atoms with Gasteiger partial charge in [-0.25, -0.2) is 0 Å². The molecular formula is C16H25NO. The number of aryl methyl sites for hydroxylation is 1. The van der Waals surface area contributed by atoms with Crippen LogP contribution in [-0.4, -0.2) is 25.8 Å². The van der Waals surface area contributed by atoms with Gasteiger partial charge in [-0.15, -0.1) is 0 Å². The fourth-order valence-corrected chi connectivity index (χ4v) is 2.79. The Bertz CT molecular complexity index is 325. The summed E-state index contributed by atoms with van der Waals surface area (Å²) in [4.78, 5) is 0. The van der Waals surface area contributed by atoms with Crippen molar-refractivity contribution in [3.8, 4) is 0 Å². The number of methoxy groups -OCH3 is 1. The molecule has 1 aliphatic carbocycles. The zero-order valence-corrected chi connectivity index (χ0v) is 11.4. The molecule has 2 atom stereocenters. The van der Waals surface area contributed by atoms with Gasteiger partial charge in [-0.05, 0) is 50.6 Å². The Morgan fingerprint density at radius 1 is 1.22 bits per heavy atom. The molecule has 0 bridgehead atoms. The van der Waals surface area contributed by atoms with E-state index >= 15 is 0 Å². The molecule has 18 heavy (non-hydrogen) atoms. The Labute approximate surface area is 111 Å². The molecule has 1 aromatic rings. The molecule has 0 amide bonds. The molecule has 0 aliphatic heterocycles. The van der Waals surface area contributed by atoms with Crippen LogP contribution in [0.25, 0.3) is 0 Å². The van der Waals surface area contributed by atoms with Crippen LogP contribution in [0, 0.1) is 0 Å². The molecule has 100 valence electrons. The molecule has 1 N–H and O–H groups in total. The maximum atomic E-state index is 5.46. The first-order valence-corrected chi connectivity index (χ1v) is 7.18. The zero-order chi connectivity index (χ0) is 12.6. The molecule has 0 aromatic heterocycles. The van der Waals surface area contributed by atoms with Gasteiger partial charge in [-0.3, -0.25) is 0 Å². The summed E-state index contributed by atoms with van der Waals surface area (Å²) in [5.41, 5.74) is 1.44. The lowest BCUT2D eigenvalue weighted by Gasteiger charge is -2.29. The fraction of sp³-hybridized carbons (Fsp3) is 0.625. The largest absolute Gasteiger partial charge is 0.381 e. The number of rotatable bonds is 6. The van der Waals surface area contributed by atoms with Crippen LogP contribution in [0.1, 0.15) is 37.7 Å². The summed E-state index contributed by atoms with van der Waals surface area (Å²) in [5.74, 6) is 0. The van der Waals surface area contributed by atoms with Crippen molar-refractivity contribution in [2.75, 3.05) is 13.7 Å². The van der Waals surface area contributed by atoms with Crippen LogP contribution >= 0.6 is 0 Å². The monoisotopic (exact) mass is 247 g/mol. The lowest BCUT2D eigenvalue weighted by Crippen LogP contribution is -2.37. The van der Waals surface area contributed by atoms with Gasteiger partial charge in [0.15, 0.2) is 0 Å². The molecular weight excluding hydrogens is 222 g/mol. The highest BCUT2D eigenvalue weighted by Gasteiger charge is 2.20. The quantitative estimate of drug-likeness (QED) is 0.780. The van der Waals surface area contributed by atoms with Gasteiger partial charge in [-0.2, -0.15) is 0 Å². The van der Waals surface area contributed by atoms with Crippen molar-refractivity contribution in [1.82, 2.24) is 5.32 Å². The second-order valence-corrected chi connectivity index (χ2v) is 5.26. The summed E-state index contributed by atoms with van der Waals surface area (Å²) >= 11 is 0. The van der Waals surface area contributed by atoms with Crippen molar-refractivity contribution in [3.63, 3.8) is 0 Å². The molecule has 1 aromatic carbocycles. The van der Waals surface area contributed by atoms with Crippen LogP contribution in [0.5, 0.6) is 0 Å². The topological polar surface area (TPSA) is 21.3 Å². The number of benzene rings is 1. The van der Waals surface area contributed by atoms with Gasteiger partial charge >= 0.3 is 0 Å². The average Bonchev–Trinajstić information content (AvgIpc) is 2.45. The standard InChI is InChI=1S/C16H25NO/c1-18-16-11-5-10-15(13-16)17-12-6-9-14-7-3-2-4-8-14/h2-4,7-8,15-17H,5-6,9-13H2,1H3. The first kappa shape index (κ1) is 13.6. The van der Waals surface area contributed by atoms with E-state index in [9.17, 15) is 0 Å². The Balaban J connectivity index is 1.60. The molecule has 0 saturated heterocycles. The molecule has 1 fully saturated rings. The van der Waals surface area contributed by atoms with Gasteiger partial charge in [0.1, 0.15) is 0 Å². The lowest BCUT2D eigenvalue weighted by atomic mass is 9.93. The maximum absolute atomic E-state index is 5.46. The summed E-state index contributed by atoms with van der Waals surface area (Å²) in [6, 6.07) is 11.4. The number of hydrogen-bond donors (Lipinski definition) is 1.